The lowest BCUT2D eigenvalue weighted by molar-refractivity contribution is -0.123. The molecule has 2 unspecified atom stereocenters. The smallest absolute Gasteiger partial charge is 0.238 e. The second-order valence-corrected chi connectivity index (χ2v) is 7.09. The minimum Gasteiger partial charge on any atom is -0.351 e. The van der Waals surface area contributed by atoms with Crippen LogP contribution in [-0.4, -0.2) is 11.9 Å². The highest BCUT2D eigenvalue weighted by Crippen LogP contribution is 2.29. The van der Waals surface area contributed by atoms with Crippen LogP contribution in [0.5, 0.6) is 0 Å². The van der Waals surface area contributed by atoms with E-state index in [1.165, 1.54) is 21.9 Å². The number of fused-ring (bicyclic) bond motifs is 1. The maximum atomic E-state index is 12.6. The van der Waals surface area contributed by atoms with Crippen LogP contribution in [0.25, 0.3) is 10.8 Å². The zero-order chi connectivity index (χ0) is 18.6. The summed E-state index contributed by atoms with van der Waals surface area (Å²) in [6.07, 6.45) is 1.76. The van der Waals surface area contributed by atoms with Gasteiger partial charge in [-0.05, 0) is 40.3 Å². The van der Waals surface area contributed by atoms with Crippen molar-refractivity contribution in [2.45, 2.75) is 38.4 Å². The maximum Gasteiger partial charge on any atom is 0.238 e. The van der Waals surface area contributed by atoms with E-state index in [1.807, 2.05) is 0 Å². The number of carbonyl (C=O) groups excluding carboxylic acids is 1. The largest absolute Gasteiger partial charge is 0.351 e. The van der Waals surface area contributed by atoms with Crippen LogP contribution in [-0.2, 0) is 17.8 Å². The minimum absolute atomic E-state index is 0.0322. The zero-order valence-corrected chi connectivity index (χ0v) is 15.5. The number of hydrogen-bond donors (Lipinski definition) is 3. The van der Waals surface area contributed by atoms with E-state index in [1.54, 1.807) is 0 Å². The van der Waals surface area contributed by atoms with Crippen LogP contribution in [0.15, 0.2) is 66.7 Å². The molecule has 0 radical (unpaired) electrons. The molecular weight excluding hydrogens is 334 g/mol. The summed E-state index contributed by atoms with van der Waals surface area (Å²) in [5.41, 5.74) is 10.1. The molecule has 4 nitrogen and oxygen atoms in total. The molecule has 3 N–H and O–H groups in total. The molecule has 4 heteroatoms. The molecule has 1 saturated heterocycles. The maximum absolute atomic E-state index is 12.6. The first-order valence-corrected chi connectivity index (χ1v) is 9.59. The number of hydrazine groups is 1. The average Bonchev–Trinajstić information content (AvgIpc) is 3.22. The molecule has 1 heterocycles. The molecule has 2 atom stereocenters. The molecule has 0 bridgehead atoms. The average molecular weight is 359 g/mol. The second-order valence-electron chi connectivity index (χ2n) is 7.09. The number of hydrogen-bond acceptors (Lipinski definition) is 3. The van der Waals surface area contributed by atoms with Crippen molar-refractivity contribution in [2.24, 2.45) is 0 Å². The summed E-state index contributed by atoms with van der Waals surface area (Å²) >= 11 is 0. The van der Waals surface area contributed by atoms with Gasteiger partial charge in [-0.3, -0.25) is 4.79 Å². The van der Waals surface area contributed by atoms with Crippen molar-refractivity contribution in [1.82, 2.24) is 16.2 Å². The van der Waals surface area contributed by atoms with Crippen LogP contribution >= 0.6 is 0 Å². The minimum atomic E-state index is -0.233. The van der Waals surface area contributed by atoms with E-state index in [-0.39, 0.29) is 18.0 Å². The number of carbonyl (C=O) groups is 1. The molecule has 1 fully saturated rings. The van der Waals surface area contributed by atoms with E-state index in [2.05, 4.69) is 89.8 Å². The van der Waals surface area contributed by atoms with Crippen molar-refractivity contribution in [3.8, 4) is 0 Å². The van der Waals surface area contributed by atoms with Crippen molar-refractivity contribution < 1.29 is 4.79 Å². The molecule has 4 rings (SSSR count). The fraction of sp³-hybridized carbons (Fsp3) is 0.261. The van der Waals surface area contributed by atoms with Crippen molar-refractivity contribution >= 4 is 16.7 Å². The second kappa shape index (κ2) is 7.91. The van der Waals surface area contributed by atoms with Crippen LogP contribution in [0.4, 0.5) is 0 Å². The van der Waals surface area contributed by atoms with Gasteiger partial charge in [0.05, 0.1) is 0 Å². The van der Waals surface area contributed by atoms with E-state index >= 15 is 0 Å². The monoisotopic (exact) mass is 359 g/mol. The highest BCUT2D eigenvalue weighted by Gasteiger charge is 2.30. The molecule has 0 aromatic heterocycles. The van der Waals surface area contributed by atoms with Crippen molar-refractivity contribution in [2.75, 3.05) is 0 Å². The highest BCUT2D eigenvalue weighted by atomic mass is 16.2. The van der Waals surface area contributed by atoms with Gasteiger partial charge in [-0.15, -0.1) is 0 Å². The predicted molar refractivity (Wildman–Crippen MR) is 109 cm³/mol. The first kappa shape index (κ1) is 17.7. The molecular formula is C23H25N3O. The van der Waals surface area contributed by atoms with Crippen molar-refractivity contribution in [3.05, 3.63) is 83.4 Å². The number of amides is 1. The first-order valence-electron chi connectivity index (χ1n) is 9.59. The summed E-state index contributed by atoms with van der Waals surface area (Å²) in [6, 6.07) is 23.0. The van der Waals surface area contributed by atoms with Gasteiger partial charge in [0.2, 0.25) is 5.91 Å². The number of benzene rings is 3. The molecule has 3 aromatic carbocycles. The van der Waals surface area contributed by atoms with Crippen LogP contribution < -0.4 is 16.2 Å². The molecule has 1 amide bonds. The molecule has 1 aliphatic rings. The van der Waals surface area contributed by atoms with Gasteiger partial charge in [0, 0.05) is 12.6 Å². The molecule has 138 valence electrons. The Labute approximate surface area is 160 Å². The van der Waals surface area contributed by atoms with Crippen LogP contribution in [0.2, 0.25) is 0 Å². The Morgan fingerprint density at radius 3 is 2.52 bits per heavy atom. The summed E-state index contributed by atoms with van der Waals surface area (Å²) in [6.45, 7) is 2.70. The number of nitrogens with one attached hydrogen (secondary N) is 3. The van der Waals surface area contributed by atoms with Crippen LogP contribution in [0, 0.1) is 0 Å². The summed E-state index contributed by atoms with van der Waals surface area (Å²) in [4.78, 5) is 12.6. The van der Waals surface area contributed by atoms with Crippen molar-refractivity contribution in [3.63, 3.8) is 0 Å². The van der Waals surface area contributed by atoms with E-state index in [0.29, 0.717) is 6.54 Å². The lowest BCUT2D eigenvalue weighted by Gasteiger charge is -2.13. The third kappa shape index (κ3) is 3.87. The molecule has 1 aliphatic heterocycles. The number of aryl methyl sites for hydroxylation is 1. The molecule has 0 spiro atoms. The van der Waals surface area contributed by atoms with Gasteiger partial charge in [-0.25, -0.2) is 10.9 Å². The topological polar surface area (TPSA) is 53.2 Å². The summed E-state index contributed by atoms with van der Waals surface area (Å²) in [5.74, 6) is 0.0322. The van der Waals surface area contributed by atoms with Gasteiger partial charge in [-0.2, -0.15) is 0 Å². The molecule has 0 aliphatic carbocycles. The Morgan fingerprint density at radius 2 is 1.70 bits per heavy atom. The third-order valence-corrected chi connectivity index (χ3v) is 5.32. The molecule has 3 aromatic rings. The number of rotatable bonds is 5. The summed E-state index contributed by atoms with van der Waals surface area (Å²) in [7, 11) is 0. The lowest BCUT2D eigenvalue weighted by atomic mass is 9.96. The third-order valence-electron chi connectivity index (χ3n) is 5.32. The van der Waals surface area contributed by atoms with Gasteiger partial charge < -0.3 is 5.32 Å². The van der Waals surface area contributed by atoms with Crippen LogP contribution in [0.1, 0.15) is 36.1 Å². The lowest BCUT2D eigenvalue weighted by Crippen LogP contribution is -2.42. The quantitative estimate of drug-likeness (QED) is 0.652. The van der Waals surface area contributed by atoms with E-state index < -0.39 is 0 Å². The van der Waals surface area contributed by atoms with Gasteiger partial charge in [-0.1, -0.05) is 73.7 Å². The van der Waals surface area contributed by atoms with E-state index in [0.717, 1.165) is 18.4 Å². The Morgan fingerprint density at radius 1 is 0.963 bits per heavy atom. The van der Waals surface area contributed by atoms with E-state index in [9.17, 15) is 4.79 Å². The Bertz CT molecular complexity index is 931. The van der Waals surface area contributed by atoms with Gasteiger partial charge >= 0.3 is 0 Å². The van der Waals surface area contributed by atoms with Gasteiger partial charge in [0.1, 0.15) is 6.04 Å². The first-order chi connectivity index (χ1) is 13.2. The van der Waals surface area contributed by atoms with Crippen molar-refractivity contribution in [1.29, 1.82) is 0 Å². The Hall–Kier alpha value is -2.69. The predicted octanol–water partition coefficient (Wildman–Crippen LogP) is 3.63. The summed E-state index contributed by atoms with van der Waals surface area (Å²) in [5, 5.41) is 5.50. The fourth-order valence-corrected chi connectivity index (χ4v) is 3.69. The van der Waals surface area contributed by atoms with E-state index in [4.69, 9.17) is 0 Å². The highest BCUT2D eigenvalue weighted by molar-refractivity contribution is 5.86. The molecule has 0 saturated carbocycles. The zero-order valence-electron chi connectivity index (χ0n) is 15.5. The van der Waals surface area contributed by atoms with Gasteiger partial charge in [0.25, 0.3) is 0 Å². The normalized spacial score (nSPS) is 19.3. The van der Waals surface area contributed by atoms with Crippen LogP contribution in [0.3, 0.4) is 0 Å². The molecule has 27 heavy (non-hydrogen) atoms. The Balaban J connectivity index is 1.39. The summed E-state index contributed by atoms with van der Waals surface area (Å²) < 4.78 is 0. The standard InChI is InChI=1S/C23H25N3O/c1-2-16-10-12-17(13-11-16)15-24-23(27)22-14-21(25-26-22)20-9-5-7-18-6-3-4-8-19(18)20/h3-13,21-22,25-26H,2,14-15H2,1H3,(H,24,27). The van der Waals surface area contributed by atoms with Gasteiger partial charge in [0.15, 0.2) is 0 Å². The SMILES string of the molecule is CCc1ccc(CNC(=O)C2CC(c3cccc4ccccc34)NN2)cc1. The Kier molecular flexibility index (Phi) is 5.19. The fourth-order valence-electron chi connectivity index (χ4n) is 3.69.